The zero-order valence-electron chi connectivity index (χ0n) is 11.5. The van der Waals surface area contributed by atoms with Crippen LogP contribution in [0, 0.1) is 0 Å². The number of hydrogen-bond acceptors (Lipinski definition) is 4. The van der Waals surface area contributed by atoms with Gasteiger partial charge in [0.1, 0.15) is 11.6 Å². The molecule has 3 rings (SSSR count). The summed E-state index contributed by atoms with van der Waals surface area (Å²) in [4.78, 5) is 4.69. The van der Waals surface area contributed by atoms with Crippen LogP contribution in [0.15, 0.2) is 18.2 Å². The molecule has 6 heteroatoms. The molecule has 0 N–H and O–H groups in total. The van der Waals surface area contributed by atoms with Gasteiger partial charge in [0.05, 0.1) is 44.4 Å². The summed E-state index contributed by atoms with van der Waals surface area (Å²) in [5.74, 6) is 2.39. The minimum Gasteiger partial charge on any atom is -0.497 e. The quantitative estimate of drug-likeness (QED) is 0.806. The first-order valence-corrected chi connectivity index (χ1v) is 7.31. The number of aromatic nitrogens is 2. The van der Waals surface area contributed by atoms with Crippen LogP contribution in [-0.4, -0.2) is 49.0 Å². The van der Waals surface area contributed by atoms with E-state index in [2.05, 4.69) is 9.69 Å². The lowest BCUT2D eigenvalue weighted by molar-refractivity contribution is 0.111. The fraction of sp³-hybridized carbons (Fsp3) is 0.500. The summed E-state index contributed by atoms with van der Waals surface area (Å²) < 4.78 is 12.9. The predicted molar refractivity (Wildman–Crippen MR) is 79.5 cm³/mol. The molecule has 1 aromatic carbocycles. The van der Waals surface area contributed by atoms with Crippen molar-refractivity contribution in [1.82, 2.24) is 9.66 Å². The van der Waals surface area contributed by atoms with E-state index in [0.29, 0.717) is 5.88 Å². The van der Waals surface area contributed by atoms with Crippen molar-refractivity contribution < 1.29 is 9.47 Å². The standard InChI is InChI=1S/C14H18ClN3O2/c1-19-11-2-3-12-13(10-11)18(14(16-12)4-5-15)17-6-8-20-9-7-17/h2-3,10H,4-9H2,1H3. The average Bonchev–Trinajstić information content (AvgIpc) is 2.85. The van der Waals surface area contributed by atoms with Crippen LogP contribution in [-0.2, 0) is 11.2 Å². The van der Waals surface area contributed by atoms with Crippen molar-refractivity contribution in [2.24, 2.45) is 0 Å². The topological polar surface area (TPSA) is 39.5 Å². The van der Waals surface area contributed by atoms with Gasteiger partial charge >= 0.3 is 0 Å². The molecule has 1 saturated heterocycles. The molecule has 2 heterocycles. The lowest BCUT2D eigenvalue weighted by Crippen LogP contribution is -2.44. The van der Waals surface area contributed by atoms with E-state index in [0.717, 1.165) is 55.3 Å². The minimum atomic E-state index is 0.560. The Morgan fingerprint density at radius 2 is 2.15 bits per heavy atom. The fourth-order valence-corrected chi connectivity index (χ4v) is 2.70. The van der Waals surface area contributed by atoms with Crippen LogP contribution in [0.5, 0.6) is 5.75 Å². The van der Waals surface area contributed by atoms with Gasteiger partial charge in [0.15, 0.2) is 0 Å². The molecule has 108 valence electrons. The van der Waals surface area contributed by atoms with Gasteiger partial charge in [-0.1, -0.05) is 0 Å². The Morgan fingerprint density at radius 1 is 1.35 bits per heavy atom. The lowest BCUT2D eigenvalue weighted by Gasteiger charge is -2.31. The monoisotopic (exact) mass is 295 g/mol. The summed E-state index contributed by atoms with van der Waals surface area (Å²) in [7, 11) is 1.68. The number of methoxy groups -OCH3 is 1. The lowest BCUT2D eigenvalue weighted by atomic mass is 10.3. The van der Waals surface area contributed by atoms with Crippen LogP contribution in [0.1, 0.15) is 5.82 Å². The Balaban J connectivity index is 2.10. The predicted octanol–water partition coefficient (Wildman–Crippen LogP) is 1.79. The fourth-order valence-electron chi connectivity index (χ4n) is 2.54. The van der Waals surface area contributed by atoms with Crippen molar-refractivity contribution in [2.75, 3.05) is 44.3 Å². The maximum absolute atomic E-state index is 5.91. The largest absolute Gasteiger partial charge is 0.497 e. The smallest absolute Gasteiger partial charge is 0.130 e. The molecule has 0 radical (unpaired) electrons. The van der Waals surface area contributed by atoms with Gasteiger partial charge in [-0.3, -0.25) is 0 Å². The Morgan fingerprint density at radius 3 is 2.85 bits per heavy atom. The van der Waals surface area contributed by atoms with Crippen LogP contribution in [0.25, 0.3) is 11.0 Å². The van der Waals surface area contributed by atoms with Crippen LogP contribution < -0.4 is 9.75 Å². The molecule has 0 spiro atoms. The maximum Gasteiger partial charge on any atom is 0.130 e. The van der Waals surface area contributed by atoms with Crippen LogP contribution in [0.4, 0.5) is 0 Å². The molecule has 0 atom stereocenters. The van der Waals surface area contributed by atoms with Gasteiger partial charge in [-0.25, -0.2) is 9.66 Å². The molecule has 20 heavy (non-hydrogen) atoms. The first-order chi connectivity index (χ1) is 9.83. The van der Waals surface area contributed by atoms with E-state index in [-0.39, 0.29) is 0 Å². The molecule has 0 saturated carbocycles. The number of halogens is 1. The van der Waals surface area contributed by atoms with E-state index >= 15 is 0 Å². The molecule has 1 aromatic heterocycles. The summed E-state index contributed by atoms with van der Waals surface area (Å²) in [5.41, 5.74) is 2.03. The number of alkyl halides is 1. The van der Waals surface area contributed by atoms with Crippen LogP contribution in [0.3, 0.4) is 0 Å². The molecule has 0 unspecified atom stereocenters. The Hall–Kier alpha value is -1.46. The van der Waals surface area contributed by atoms with Gasteiger partial charge in [0.25, 0.3) is 0 Å². The number of hydrogen-bond donors (Lipinski definition) is 0. The highest BCUT2D eigenvalue weighted by atomic mass is 35.5. The second-order valence-corrected chi connectivity index (χ2v) is 5.08. The number of fused-ring (bicyclic) bond motifs is 1. The molecule has 1 aliphatic heterocycles. The van der Waals surface area contributed by atoms with Gasteiger partial charge < -0.3 is 14.5 Å². The van der Waals surface area contributed by atoms with E-state index in [9.17, 15) is 0 Å². The normalized spacial score (nSPS) is 15.8. The molecular formula is C14H18ClN3O2. The maximum atomic E-state index is 5.91. The van der Waals surface area contributed by atoms with Crippen molar-refractivity contribution in [1.29, 1.82) is 0 Å². The first kappa shape index (κ1) is 13.5. The zero-order valence-corrected chi connectivity index (χ0v) is 12.3. The Kier molecular flexibility index (Phi) is 3.98. The van der Waals surface area contributed by atoms with E-state index in [4.69, 9.17) is 26.1 Å². The third-order valence-electron chi connectivity index (χ3n) is 3.49. The third kappa shape index (κ3) is 2.43. The van der Waals surface area contributed by atoms with Crippen molar-refractivity contribution in [2.45, 2.75) is 6.42 Å². The van der Waals surface area contributed by atoms with E-state index in [1.165, 1.54) is 0 Å². The third-order valence-corrected chi connectivity index (χ3v) is 3.68. The Bertz CT molecular complexity index is 593. The second-order valence-electron chi connectivity index (χ2n) is 4.70. The zero-order chi connectivity index (χ0) is 13.9. The SMILES string of the molecule is COc1ccc2nc(CCCl)n(N3CCOCC3)c2c1. The molecule has 1 aliphatic rings. The van der Waals surface area contributed by atoms with E-state index in [1.54, 1.807) is 7.11 Å². The summed E-state index contributed by atoms with van der Waals surface area (Å²) in [6.45, 7) is 3.20. The highest BCUT2D eigenvalue weighted by molar-refractivity contribution is 6.17. The molecule has 1 fully saturated rings. The van der Waals surface area contributed by atoms with Crippen molar-refractivity contribution in [3.8, 4) is 5.75 Å². The number of imidazole rings is 1. The number of benzene rings is 1. The number of ether oxygens (including phenoxy) is 2. The van der Waals surface area contributed by atoms with Gasteiger partial charge in [0, 0.05) is 18.4 Å². The number of nitrogens with zero attached hydrogens (tertiary/aromatic N) is 3. The van der Waals surface area contributed by atoms with E-state index < -0.39 is 0 Å². The summed E-state index contributed by atoms with van der Waals surface area (Å²) in [6.07, 6.45) is 0.746. The molecule has 0 bridgehead atoms. The average molecular weight is 296 g/mol. The van der Waals surface area contributed by atoms with Gasteiger partial charge in [-0.05, 0) is 12.1 Å². The van der Waals surface area contributed by atoms with Crippen LogP contribution in [0.2, 0.25) is 0 Å². The summed E-state index contributed by atoms with van der Waals surface area (Å²) in [6, 6.07) is 5.95. The number of morpholine rings is 1. The van der Waals surface area contributed by atoms with Crippen molar-refractivity contribution in [3.63, 3.8) is 0 Å². The summed E-state index contributed by atoms with van der Waals surface area (Å²) >= 11 is 5.91. The summed E-state index contributed by atoms with van der Waals surface area (Å²) in [5, 5.41) is 2.26. The molecular weight excluding hydrogens is 278 g/mol. The first-order valence-electron chi connectivity index (χ1n) is 6.78. The number of rotatable bonds is 4. The highest BCUT2D eigenvalue weighted by Gasteiger charge is 2.18. The Labute approximate surface area is 123 Å². The molecule has 0 aliphatic carbocycles. The van der Waals surface area contributed by atoms with Gasteiger partial charge in [0.2, 0.25) is 0 Å². The number of aryl methyl sites for hydroxylation is 1. The van der Waals surface area contributed by atoms with Gasteiger partial charge in [-0.2, -0.15) is 0 Å². The second kappa shape index (κ2) is 5.89. The molecule has 2 aromatic rings. The highest BCUT2D eigenvalue weighted by Crippen LogP contribution is 2.23. The van der Waals surface area contributed by atoms with Crippen molar-refractivity contribution >= 4 is 22.6 Å². The minimum absolute atomic E-state index is 0.560. The molecule has 0 amide bonds. The molecule has 5 nitrogen and oxygen atoms in total. The van der Waals surface area contributed by atoms with Crippen molar-refractivity contribution in [3.05, 3.63) is 24.0 Å². The van der Waals surface area contributed by atoms with Crippen LogP contribution >= 0.6 is 11.6 Å². The van der Waals surface area contributed by atoms with Gasteiger partial charge in [-0.15, -0.1) is 11.6 Å². The van der Waals surface area contributed by atoms with E-state index in [1.807, 2.05) is 18.2 Å².